The molecular weight excluding hydrogens is 668 g/mol. The van der Waals surface area contributed by atoms with Gasteiger partial charge in [0.15, 0.2) is 0 Å². The van der Waals surface area contributed by atoms with E-state index in [2.05, 4.69) is 24.5 Å². The number of unbranched alkanes of at least 4 members (excludes halogenated alkanes) is 22. The Hall–Kier alpha value is -1.87. The highest BCUT2D eigenvalue weighted by Gasteiger charge is 2.29. The van der Waals surface area contributed by atoms with Gasteiger partial charge in [0.25, 0.3) is 0 Å². The van der Waals surface area contributed by atoms with E-state index in [-0.39, 0.29) is 19.1 Å². The summed E-state index contributed by atoms with van der Waals surface area (Å²) in [6.45, 7) is 16.9. The summed E-state index contributed by atoms with van der Waals surface area (Å²) < 4.78 is 23.1. The van der Waals surface area contributed by atoms with Crippen molar-refractivity contribution in [2.45, 2.75) is 239 Å². The van der Waals surface area contributed by atoms with E-state index in [0.717, 1.165) is 25.7 Å². The summed E-state index contributed by atoms with van der Waals surface area (Å²) in [5.41, 5.74) is -1.48. The van der Waals surface area contributed by atoms with Gasteiger partial charge in [0, 0.05) is 19.8 Å². The van der Waals surface area contributed by atoms with Gasteiger partial charge in [-0.3, -0.25) is 9.59 Å². The SMILES string of the molecule is CCCCCCCCCCCCCCOCC(CNC(=O)[C@H](CC(=O)OC(C)(C)C)NC(=O)OC(C)(C)C)OCCCCCCCCCCCCCC. The van der Waals surface area contributed by atoms with E-state index in [1.807, 2.05) is 0 Å². The maximum atomic E-state index is 13.4. The van der Waals surface area contributed by atoms with Crippen LogP contribution < -0.4 is 10.6 Å². The molecule has 0 spiro atoms. The normalized spacial score (nSPS) is 13.1. The average Bonchev–Trinajstić information content (AvgIpc) is 3.06. The van der Waals surface area contributed by atoms with Crippen molar-refractivity contribution in [2.75, 3.05) is 26.4 Å². The number of hydrogen-bond donors (Lipinski definition) is 2. The summed E-state index contributed by atoms with van der Waals surface area (Å²) in [6.07, 6.45) is 29.4. The molecular formula is C44H86N2O7. The molecule has 1 unspecified atom stereocenters. The number of carbonyl (C=O) groups is 3. The Balaban J connectivity index is 4.84. The fourth-order valence-corrected chi connectivity index (χ4v) is 6.17. The van der Waals surface area contributed by atoms with Crippen LogP contribution in [0, 0.1) is 0 Å². The minimum atomic E-state index is -1.15. The monoisotopic (exact) mass is 755 g/mol. The molecule has 9 nitrogen and oxygen atoms in total. The van der Waals surface area contributed by atoms with Crippen molar-refractivity contribution >= 4 is 18.0 Å². The number of ether oxygens (including phenoxy) is 4. The molecule has 0 aromatic carbocycles. The van der Waals surface area contributed by atoms with Crippen molar-refractivity contribution < 1.29 is 33.3 Å². The molecule has 0 aliphatic rings. The van der Waals surface area contributed by atoms with Gasteiger partial charge >= 0.3 is 12.1 Å². The van der Waals surface area contributed by atoms with Crippen LogP contribution in [0.3, 0.4) is 0 Å². The third kappa shape index (κ3) is 36.9. The number of rotatable bonds is 35. The molecule has 0 radical (unpaired) electrons. The fourth-order valence-electron chi connectivity index (χ4n) is 6.17. The van der Waals surface area contributed by atoms with Crippen LogP contribution in [0.4, 0.5) is 4.79 Å². The molecule has 0 saturated carbocycles. The van der Waals surface area contributed by atoms with Gasteiger partial charge in [-0.05, 0) is 54.4 Å². The van der Waals surface area contributed by atoms with Crippen LogP contribution in [-0.2, 0) is 28.5 Å². The summed E-state index contributed by atoms with van der Waals surface area (Å²) in [5, 5.41) is 5.45. The van der Waals surface area contributed by atoms with Crippen molar-refractivity contribution in [2.24, 2.45) is 0 Å². The summed E-state index contributed by atoms with van der Waals surface area (Å²) >= 11 is 0. The van der Waals surface area contributed by atoms with Crippen LogP contribution in [0.25, 0.3) is 0 Å². The Kier molecular flexibility index (Phi) is 32.3. The summed E-state index contributed by atoms with van der Waals surface area (Å²) in [4.78, 5) is 38.6. The Morgan fingerprint density at radius 3 is 1.34 bits per heavy atom. The molecule has 0 aromatic rings. The third-order valence-corrected chi connectivity index (χ3v) is 9.10. The number of alkyl carbamates (subject to hydrolysis) is 1. The van der Waals surface area contributed by atoms with Gasteiger partial charge in [-0.15, -0.1) is 0 Å². The first kappa shape index (κ1) is 51.1. The van der Waals surface area contributed by atoms with Crippen LogP contribution in [0.2, 0.25) is 0 Å². The Morgan fingerprint density at radius 2 is 0.925 bits per heavy atom. The number of nitrogens with one attached hydrogen (secondary N) is 2. The molecule has 9 heteroatoms. The second-order valence-electron chi connectivity index (χ2n) is 17.1. The number of hydrogen-bond acceptors (Lipinski definition) is 7. The topological polar surface area (TPSA) is 112 Å². The highest BCUT2D eigenvalue weighted by atomic mass is 16.6. The van der Waals surface area contributed by atoms with E-state index in [0.29, 0.717) is 19.8 Å². The quantitative estimate of drug-likeness (QED) is 0.0489. The molecule has 0 saturated heterocycles. The average molecular weight is 755 g/mol. The lowest BCUT2D eigenvalue weighted by atomic mass is 10.1. The van der Waals surface area contributed by atoms with Gasteiger partial charge < -0.3 is 29.6 Å². The lowest BCUT2D eigenvalue weighted by Gasteiger charge is -2.25. The maximum Gasteiger partial charge on any atom is 0.408 e. The van der Waals surface area contributed by atoms with Crippen molar-refractivity contribution in [3.05, 3.63) is 0 Å². The van der Waals surface area contributed by atoms with Gasteiger partial charge in [0.1, 0.15) is 17.2 Å². The standard InChI is InChI=1S/C44H86N2O7/c1-9-11-13-15-17-19-21-23-25-27-29-31-33-50-37-38(51-34-32-30-28-26-24-22-20-18-16-14-12-10-2)36-45-41(48)39(35-40(47)52-43(3,4)5)46-42(49)53-44(6,7)8/h38-39H,9-37H2,1-8H3,(H,45,48)(H,46,49)/t38?,39-/m0/s1. The highest BCUT2D eigenvalue weighted by Crippen LogP contribution is 2.15. The minimum Gasteiger partial charge on any atom is -0.460 e. The van der Waals surface area contributed by atoms with E-state index in [1.165, 1.54) is 128 Å². The molecule has 53 heavy (non-hydrogen) atoms. The van der Waals surface area contributed by atoms with Crippen LogP contribution >= 0.6 is 0 Å². The van der Waals surface area contributed by atoms with Crippen molar-refractivity contribution in [3.63, 3.8) is 0 Å². The summed E-state index contributed by atoms with van der Waals surface area (Å²) in [7, 11) is 0. The molecule has 0 aliphatic carbocycles. The molecule has 0 aromatic heterocycles. The van der Waals surface area contributed by atoms with Gasteiger partial charge in [-0.2, -0.15) is 0 Å². The van der Waals surface area contributed by atoms with Gasteiger partial charge in [0.05, 0.1) is 19.1 Å². The van der Waals surface area contributed by atoms with Gasteiger partial charge in [0.2, 0.25) is 5.91 Å². The molecule has 2 atom stereocenters. The number of amides is 2. The molecule has 0 aliphatic heterocycles. The van der Waals surface area contributed by atoms with Gasteiger partial charge in [-0.1, -0.05) is 155 Å². The lowest BCUT2D eigenvalue weighted by molar-refractivity contribution is -0.156. The Bertz CT molecular complexity index is 854. The first-order valence-electron chi connectivity index (χ1n) is 22.0. The van der Waals surface area contributed by atoms with Crippen molar-refractivity contribution in [3.8, 4) is 0 Å². The van der Waals surface area contributed by atoms with E-state index < -0.39 is 35.2 Å². The molecule has 0 rings (SSSR count). The van der Waals surface area contributed by atoms with E-state index >= 15 is 0 Å². The Labute approximate surface area is 326 Å². The first-order valence-corrected chi connectivity index (χ1v) is 22.0. The zero-order chi connectivity index (χ0) is 39.6. The number of carbonyl (C=O) groups excluding carboxylic acids is 3. The number of esters is 1. The predicted octanol–water partition coefficient (Wildman–Crippen LogP) is 11.5. The van der Waals surface area contributed by atoms with Gasteiger partial charge in [-0.25, -0.2) is 4.79 Å². The van der Waals surface area contributed by atoms with Crippen LogP contribution in [0.5, 0.6) is 0 Å². The zero-order valence-corrected chi connectivity index (χ0v) is 36.0. The second-order valence-corrected chi connectivity index (χ2v) is 17.1. The summed E-state index contributed by atoms with van der Waals surface area (Å²) in [6, 6.07) is -1.15. The van der Waals surface area contributed by atoms with E-state index in [9.17, 15) is 14.4 Å². The summed E-state index contributed by atoms with van der Waals surface area (Å²) in [5.74, 6) is -1.08. The Morgan fingerprint density at radius 1 is 0.528 bits per heavy atom. The predicted molar refractivity (Wildman–Crippen MR) is 219 cm³/mol. The largest absolute Gasteiger partial charge is 0.460 e. The molecule has 0 fully saturated rings. The molecule has 0 bridgehead atoms. The molecule has 2 N–H and O–H groups in total. The van der Waals surface area contributed by atoms with Crippen LogP contribution in [0.1, 0.15) is 216 Å². The van der Waals surface area contributed by atoms with Crippen LogP contribution in [0.15, 0.2) is 0 Å². The second kappa shape index (κ2) is 33.5. The first-order chi connectivity index (χ1) is 25.3. The minimum absolute atomic E-state index is 0.205. The lowest BCUT2D eigenvalue weighted by Crippen LogP contribution is -2.51. The third-order valence-electron chi connectivity index (χ3n) is 9.10. The van der Waals surface area contributed by atoms with Crippen LogP contribution in [-0.4, -0.2) is 67.7 Å². The molecule has 314 valence electrons. The fraction of sp³-hybridized carbons (Fsp3) is 0.932. The van der Waals surface area contributed by atoms with Crippen molar-refractivity contribution in [1.82, 2.24) is 10.6 Å². The maximum absolute atomic E-state index is 13.4. The molecule has 0 heterocycles. The van der Waals surface area contributed by atoms with Crippen molar-refractivity contribution in [1.29, 1.82) is 0 Å². The highest BCUT2D eigenvalue weighted by molar-refractivity contribution is 5.89. The molecule has 2 amide bonds. The van der Waals surface area contributed by atoms with E-state index in [4.69, 9.17) is 18.9 Å². The van der Waals surface area contributed by atoms with E-state index in [1.54, 1.807) is 41.5 Å². The zero-order valence-electron chi connectivity index (χ0n) is 36.0. The smallest absolute Gasteiger partial charge is 0.408 e.